The maximum Gasteiger partial charge on any atom is 0.258 e. The molecule has 0 bridgehead atoms. The Balaban J connectivity index is 2.12. The van der Waals surface area contributed by atoms with Crippen LogP contribution in [0.4, 0.5) is 5.69 Å². The third kappa shape index (κ3) is 3.58. The lowest BCUT2D eigenvalue weighted by Gasteiger charge is -2.11. The number of nitrogens with zero attached hydrogens (tertiary/aromatic N) is 2. The van der Waals surface area contributed by atoms with Gasteiger partial charge in [-0.2, -0.15) is 0 Å². The molecule has 0 unspecified atom stereocenters. The van der Waals surface area contributed by atoms with Crippen molar-refractivity contribution in [3.63, 3.8) is 0 Å². The van der Waals surface area contributed by atoms with E-state index in [0.717, 1.165) is 0 Å². The first-order valence-electron chi connectivity index (χ1n) is 6.22. The van der Waals surface area contributed by atoms with Gasteiger partial charge in [0.15, 0.2) is 0 Å². The summed E-state index contributed by atoms with van der Waals surface area (Å²) < 4.78 is 0. The number of carbonyl (C=O) groups is 2. The number of aromatic nitrogens is 1. The molecule has 0 saturated carbocycles. The Kier molecular flexibility index (Phi) is 4.55. The van der Waals surface area contributed by atoms with Gasteiger partial charge in [-0.1, -0.05) is 11.6 Å². The summed E-state index contributed by atoms with van der Waals surface area (Å²) >= 11 is 5.86. The third-order valence-corrected chi connectivity index (χ3v) is 3.10. The van der Waals surface area contributed by atoms with Crippen LogP contribution >= 0.6 is 11.6 Å². The van der Waals surface area contributed by atoms with Crippen molar-refractivity contribution in [2.75, 3.05) is 19.4 Å². The zero-order valence-electron chi connectivity index (χ0n) is 11.6. The molecule has 21 heavy (non-hydrogen) atoms. The van der Waals surface area contributed by atoms with Gasteiger partial charge in [0.1, 0.15) is 5.15 Å². The highest BCUT2D eigenvalue weighted by atomic mass is 35.5. The molecule has 1 aromatic heterocycles. The summed E-state index contributed by atoms with van der Waals surface area (Å²) in [5.74, 6) is -0.442. The molecule has 1 heterocycles. The van der Waals surface area contributed by atoms with Gasteiger partial charge < -0.3 is 10.2 Å². The molecule has 0 aliphatic rings. The van der Waals surface area contributed by atoms with Crippen LogP contribution in [0, 0.1) is 0 Å². The fraction of sp³-hybridized carbons (Fsp3) is 0.133. The van der Waals surface area contributed by atoms with Crippen LogP contribution in [0.15, 0.2) is 42.6 Å². The highest BCUT2D eigenvalue weighted by molar-refractivity contribution is 6.33. The van der Waals surface area contributed by atoms with E-state index in [1.54, 1.807) is 50.5 Å². The van der Waals surface area contributed by atoms with Gasteiger partial charge in [0.05, 0.1) is 5.56 Å². The summed E-state index contributed by atoms with van der Waals surface area (Å²) in [6.07, 6.45) is 1.51. The van der Waals surface area contributed by atoms with E-state index in [1.807, 2.05) is 0 Å². The van der Waals surface area contributed by atoms with Crippen molar-refractivity contribution in [2.45, 2.75) is 0 Å². The zero-order valence-corrected chi connectivity index (χ0v) is 12.4. The number of carbonyl (C=O) groups excluding carboxylic acids is 2. The van der Waals surface area contributed by atoms with Crippen LogP contribution in [0.25, 0.3) is 0 Å². The number of rotatable bonds is 3. The van der Waals surface area contributed by atoms with E-state index in [9.17, 15) is 9.59 Å². The quantitative estimate of drug-likeness (QED) is 0.887. The first-order valence-corrected chi connectivity index (χ1v) is 6.60. The second kappa shape index (κ2) is 6.37. The van der Waals surface area contributed by atoms with Gasteiger partial charge in [-0.3, -0.25) is 9.59 Å². The Hall–Kier alpha value is -2.40. The summed E-state index contributed by atoms with van der Waals surface area (Å²) in [5, 5.41) is 2.85. The largest absolute Gasteiger partial charge is 0.345 e. The van der Waals surface area contributed by atoms with Crippen molar-refractivity contribution in [1.82, 2.24) is 9.88 Å². The van der Waals surface area contributed by atoms with Gasteiger partial charge >= 0.3 is 0 Å². The Labute approximate surface area is 127 Å². The van der Waals surface area contributed by atoms with E-state index >= 15 is 0 Å². The number of benzene rings is 1. The fourth-order valence-corrected chi connectivity index (χ4v) is 1.91. The van der Waals surface area contributed by atoms with Gasteiger partial charge in [-0.15, -0.1) is 0 Å². The van der Waals surface area contributed by atoms with Crippen molar-refractivity contribution in [3.8, 4) is 0 Å². The average Bonchev–Trinajstić information content (AvgIpc) is 2.47. The Morgan fingerprint density at radius 3 is 2.38 bits per heavy atom. The maximum atomic E-state index is 12.1. The highest BCUT2D eigenvalue weighted by Crippen LogP contribution is 2.16. The van der Waals surface area contributed by atoms with Gasteiger partial charge in [0.25, 0.3) is 11.8 Å². The minimum atomic E-state index is -0.347. The Bertz CT molecular complexity index is 669. The van der Waals surface area contributed by atoms with Crippen LogP contribution in [0.1, 0.15) is 20.7 Å². The van der Waals surface area contributed by atoms with Crippen molar-refractivity contribution in [3.05, 3.63) is 58.9 Å². The summed E-state index contributed by atoms with van der Waals surface area (Å²) in [6, 6.07) is 9.87. The average molecular weight is 304 g/mol. The molecule has 0 aliphatic carbocycles. The van der Waals surface area contributed by atoms with Gasteiger partial charge in [-0.25, -0.2) is 4.98 Å². The second-order valence-electron chi connectivity index (χ2n) is 4.57. The first-order chi connectivity index (χ1) is 9.99. The monoisotopic (exact) mass is 303 g/mol. The number of pyridine rings is 1. The molecule has 108 valence electrons. The molecule has 0 fully saturated rings. The van der Waals surface area contributed by atoms with Crippen LogP contribution in [0.2, 0.25) is 5.15 Å². The summed E-state index contributed by atoms with van der Waals surface area (Å²) in [7, 11) is 3.37. The van der Waals surface area contributed by atoms with Crippen LogP contribution in [-0.4, -0.2) is 35.8 Å². The lowest BCUT2D eigenvalue weighted by Crippen LogP contribution is -2.21. The maximum absolute atomic E-state index is 12.1. The number of halogens is 1. The fourth-order valence-electron chi connectivity index (χ4n) is 1.71. The molecule has 2 aromatic rings. The van der Waals surface area contributed by atoms with Crippen molar-refractivity contribution < 1.29 is 9.59 Å². The molecule has 1 N–H and O–H groups in total. The SMILES string of the molecule is CN(C)C(=O)c1ccc(NC(=O)c2cccnc2Cl)cc1. The number of amides is 2. The summed E-state index contributed by atoms with van der Waals surface area (Å²) in [5.41, 5.74) is 1.43. The minimum absolute atomic E-state index is 0.0943. The van der Waals surface area contributed by atoms with Gasteiger partial charge in [0.2, 0.25) is 0 Å². The highest BCUT2D eigenvalue weighted by Gasteiger charge is 2.12. The van der Waals surface area contributed by atoms with E-state index in [4.69, 9.17) is 11.6 Å². The molecular weight excluding hydrogens is 290 g/mol. The molecule has 0 saturated heterocycles. The summed E-state index contributed by atoms with van der Waals surface area (Å²) in [6.45, 7) is 0. The number of nitrogens with one attached hydrogen (secondary N) is 1. The van der Waals surface area contributed by atoms with Crippen LogP contribution in [0.3, 0.4) is 0 Å². The Morgan fingerprint density at radius 1 is 1.14 bits per heavy atom. The van der Waals surface area contributed by atoms with Crippen LogP contribution in [0.5, 0.6) is 0 Å². The van der Waals surface area contributed by atoms with Gasteiger partial charge in [-0.05, 0) is 36.4 Å². The smallest absolute Gasteiger partial charge is 0.258 e. The van der Waals surface area contributed by atoms with E-state index in [2.05, 4.69) is 10.3 Å². The molecule has 5 nitrogen and oxygen atoms in total. The van der Waals surface area contributed by atoms with E-state index in [0.29, 0.717) is 16.8 Å². The Morgan fingerprint density at radius 2 is 1.81 bits per heavy atom. The van der Waals surface area contributed by atoms with E-state index in [1.165, 1.54) is 11.1 Å². The van der Waals surface area contributed by atoms with Gasteiger partial charge in [0, 0.05) is 31.5 Å². The number of anilines is 1. The summed E-state index contributed by atoms with van der Waals surface area (Å²) in [4.78, 5) is 29.2. The topological polar surface area (TPSA) is 62.3 Å². The number of hydrogen-bond acceptors (Lipinski definition) is 3. The molecule has 0 aliphatic heterocycles. The molecule has 1 aromatic carbocycles. The molecule has 0 atom stereocenters. The molecule has 6 heteroatoms. The predicted octanol–water partition coefficient (Wildman–Crippen LogP) is 2.69. The number of hydrogen-bond donors (Lipinski definition) is 1. The molecule has 2 amide bonds. The van der Waals surface area contributed by atoms with E-state index < -0.39 is 0 Å². The molecular formula is C15H14ClN3O2. The first kappa shape index (κ1) is 15.0. The van der Waals surface area contributed by atoms with Crippen LogP contribution in [-0.2, 0) is 0 Å². The second-order valence-corrected chi connectivity index (χ2v) is 4.93. The van der Waals surface area contributed by atoms with Crippen molar-refractivity contribution >= 4 is 29.1 Å². The lowest BCUT2D eigenvalue weighted by molar-refractivity contribution is 0.0827. The van der Waals surface area contributed by atoms with Crippen molar-refractivity contribution in [1.29, 1.82) is 0 Å². The van der Waals surface area contributed by atoms with E-state index in [-0.39, 0.29) is 17.0 Å². The zero-order chi connectivity index (χ0) is 15.4. The standard InChI is InChI=1S/C15H14ClN3O2/c1-19(2)15(21)10-5-7-11(8-6-10)18-14(20)12-4-3-9-17-13(12)16/h3-9H,1-2H3,(H,18,20). The lowest BCUT2D eigenvalue weighted by atomic mass is 10.2. The van der Waals surface area contributed by atoms with Crippen molar-refractivity contribution in [2.24, 2.45) is 0 Å². The molecule has 0 spiro atoms. The third-order valence-electron chi connectivity index (χ3n) is 2.80. The normalized spacial score (nSPS) is 10.0. The predicted molar refractivity (Wildman–Crippen MR) is 81.7 cm³/mol. The van der Waals surface area contributed by atoms with Crippen LogP contribution < -0.4 is 5.32 Å². The molecule has 2 rings (SSSR count). The molecule has 0 radical (unpaired) electrons. The minimum Gasteiger partial charge on any atom is -0.345 e.